The first-order valence-corrected chi connectivity index (χ1v) is 6.73. The number of rotatable bonds is 6. The van der Waals surface area contributed by atoms with Gasteiger partial charge in [0.25, 0.3) is 0 Å². The zero-order valence-corrected chi connectivity index (χ0v) is 11.4. The van der Waals surface area contributed by atoms with Gasteiger partial charge in [-0.15, -0.1) is 0 Å². The van der Waals surface area contributed by atoms with Gasteiger partial charge in [-0.1, -0.05) is 12.8 Å². The lowest BCUT2D eigenvalue weighted by molar-refractivity contribution is 0.143. The highest BCUT2D eigenvalue weighted by atomic mass is 16.5. The van der Waals surface area contributed by atoms with Crippen molar-refractivity contribution >= 4 is 5.82 Å². The van der Waals surface area contributed by atoms with E-state index in [4.69, 9.17) is 10.00 Å². The second-order valence-electron chi connectivity index (χ2n) is 5.20. The van der Waals surface area contributed by atoms with E-state index in [0.717, 1.165) is 25.4 Å². The Bertz CT molecular complexity index is 432. The maximum atomic E-state index is 8.68. The minimum absolute atomic E-state index is 0.325. The summed E-state index contributed by atoms with van der Waals surface area (Å²) < 4.78 is 5.22. The maximum Gasteiger partial charge on any atom is 0.158 e. The predicted molar refractivity (Wildman–Crippen MR) is 72.6 cm³/mol. The third-order valence-electron chi connectivity index (χ3n) is 3.91. The first kappa shape index (κ1) is 13.8. The van der Waals surface area contributed by atoms with Crippen LogP contribution < -0.4 is 5.32 Å². The standard InChI is InChI=1S/C14H20N4O/c1-19-7-6-14(4-2-3-5-14)11-18-13-10-16-12(8-15)9-17-13/h9-10H,2-7,11H2,1H3,(H,17,18). The molecule has 0 spiro atoms. The summed E-state index contributed by atoms with van der Waals surface area (Å²) in [6.45, 7) is 1.71. The Hall–Kier alpha value is -1.67. The Labute approximate surface area is 114 Å². The third kappa shape index (κ3) is 3.65. The van der Waals surface area contributed by atoms with Gasteiger partial charge in [0, 0.05) is 20.3 Å². The summed E-state index contributed by atoms with van der Waals surface area (Å²) in [6, 6.07) is 1.97. The molecule has 0 atom stereocenters. The Kier molecular flexibility index (Phi) is 4.69. The number of hydrogen-bond donors (Lipinski definition) is 1. The van der Waals surface area contributed by atoms with Gasteiger partial charge in [-0.3, -0.25) is 0 Å². The molecule has 2 rings (SSSR count). The molecule has 0 saturated heterocycles. The fraction of sp³-hybridized carbons (Fsp3) is 0.643. The number of methoxy groups -OCH3 is 1. The van der Waals surface area contributed by atoms with Crippen LogP contribution >= 0.6 is 0 Å². The summed E-state index contributed by atoms with van der Waals surface area (Å²) in [4.78, 5) is 8.21. The van der Waals surface area contributed by atoms with E-state index < -0.39 is 0 Å². The molecule has 1 heterocycles. The van der Waals surface area contributed by atoms with Crippen LogP contribution in [0.1, 0.15) is 37.8 Å². The minimum atomic E-state index is 0.325. The second-order valence-corrected chi connectivity index (χ2v) is 5.20. The monoisotopic (exact) mass is 260 g/mol. The molecular formula is C14H20N4O. The van der Waals surface area contributed by atoms with Gasteiger partial charge in [0.2, 0.25) is 0 Å². The maximum absolute atomic E-state index is 8.68. The van der Waals surface area contributed by atoms with Gasteiger partial charge in [-0.2, -0.15) is 5.26 Å². The molecule has 1 saturated carbocycles. The molecule has 5 heteroatoms. The van der Waals surface area contributed by atoms with Crippen molar-refractivity contribution in [2.24, 2.45) is 5.41 Å². The molecule has 1 aliphatic carbocycles. The van der Waals surface area contributed by atoms with Crippen molar-refractivity contribution in [2.45, 2.75) is 32.1 Å². The highest BCUT2D eigenvalue weighted by Gasteiger charge is 2.33. The summed E-state index contributed by atoms with van der Waals surface area (Å²) in [7, 11) is 1.75. The topological polar surface area (TPSA) is 70.8 Å². The van der Waals surface area contributed by atoms with Gasteiger partial charge in [-0.05, 0) is 24.7 Å². The van der Waals surface area contributed by atoms with Crippen molar-refractivity contribution in [3.8, 4) is 6.07 Å². The van der Waals surface area contributed by atoms with Crippen LogP contribution in [0.3, 0.4) is 0 Å². The van der Waals surface area contributed by atoms with Gasteiger partial charge in [-0.25, -0.2) is 9.97 Å². The zero-order valence-electron chi connectivity index (χ0n) is 11.4. The molecule has 1 fully saturated rings. The number of nitrogens with one attached hydrogen (secondary N) is 1. The predicted octanol–water partition coefficient (Wildman–Crippen LogP) is 2.36. The van der Waals surface area contributed by atoms with Gasteiger partial charge in [0.05, 0.1) is 12.4 Å². The van der Waals surface area contributed by atoms with E-state index in [9.17, 15) is 0 Å². The smallest absolute Gasteiger partial charge is 0.158 e. The van der Waals surface area contributed by atoms with Gasteiger partial charge >= 0.3 is 0 Å². The van der Waals surface area contributed by atoms with Crippen LogP contribution in [0.25, 0.3) is 0 Å². The number of nitriles is 1. The fourth-order valence-corrected chi connectivity index (χ4v) is 2.71. The lowest BCUT2D eigenvalue weighted by Crippen LogP contribution is -2.28. The average molecular weight is 260 g/mol. The van der Waals surface area contributed by atoms with Crippen LogP contribution in [0.5, 0.6) is 0 Å². The van der Waals surface area contributed by atoms with Crippen LogP contribution in [0.4, 0.5) is 5.82 Å². The molecule has 1 aromatic heterocycles. The van der Waals surface area contributed by atoms with Crippen LogP contribution in [0.15, 0.2) is 12.4 Å². The molecule has 0 unspecified atom stereocenters. The van der Waals surface area contributed by atoms with Crippen LogP contribution in [0, 0.1) is 16.7 Å². The molecular weight excluding hydrogens is 240 g/mol. The number of anilines is 1. The van der Waals surface area contributed by atoms with E-state index in [0.29, 0.717) is 11.1 Å². The van der Waals surface area contributed by atoms with Crippen molar-refractivity contribution < 1.29 is 4.74 Å². The Morgan fingerprint density at radius 3 is 2.74 bits per heavy atom. The van der Waals surface area contributed by atoms with Crippen molar-refractivity contribution in [3.05, 3.63) is 18.1 Å². The minimum Gasteiger partial charge on any atom is -0.385 e. The van der Waals surface area contributed by atoms with E-state index in [2.05, 4.69) is 15.3 Å². The van der Waals surface area contributed by atoms with Crippen molar-refractivity contribution in [1.29, 1.82) is 5.26 Å². The number of aromatic nitrogens is 2. The summed E-state index contributed by atoms with van der Waals surface area (Å²) >= 11 is 0. The first-order valence-electron chi connectivity index (χ1n) is 6.73. The Balaban J connectivity index is 1.92. The van der Waals surface area contributed by atoms with Crippen LogP contribution in [-0.4, -0.2) is 30.2 Å². The van der Waals surface area contributed by atoms with E-state index in [1.807, 2.05) is 6.07 Å². The molecule has 1 aliphatic rings. The van der Waals surface area contributed by atoms with E-state index >= 15 is 0 Å². The quantitative estimate of drug-likeness (QED) is 0.850. The number of ether oxygens (including phenoxy) is 1. The van der Waals surface area contributed by atoms with Gasteiger partial charge in [0.1, 0.15) is 11.9 Å². The van der Waals surface area contributed by atoms with Crippen LogP contribution in [0.2, 0.25) is 0 Å². The first-order chi connectivity index (χ1) is 9.28. The Morgan fingerprint density at radius 2 is 2.16 bits per heavy atom. The molecule has 1 N–H and O–H groups in total. The largest absolute Gasteiger partial charge is 0.385 e. The van der Waals surface area contributed by atoms with Gasteiger partial charge in [0.15, 0.2) is 5.69 Å². The normalized spacial score (nSPS) is 17.1. The molecule has 0 aliphatic heterocycles. The highest BCUT2D eigenvalue weighted by Crippen LogP contribution is 2.41. The fourth-order valence-electron chi connectivity index (χ4n) is 2.71. The summed E-state index contributed by atoms with van der Waals surface area (Å²) in [5.41, 5.74) is 0.673. The molecule has 0 bridgehead atoms. The summed E-state index contributed by atoms with van der Waals surface area (Å²) in [6.07, 6.45) is 9.28. The lowest BCUT2D eigenvalue weighted by atomic mass is 9.83. The van der Waals surface area contributed by atoms with E-state index in [1.54, 1.807) is 13.3 Å². The number of nitrogens with zero attached hydrogens (tertiary/aromatic N) is 3. The van der Waals surface area contributed by atoms with Crippen molar-refractivity contribution in [1.82, 2.24) is 9.97 Å². The SMILES string of the molecule is COCCC1(CNc2cnc(C#N)cn2)CCCC1. The Morgan fingerprint density at radius 1 is 1.37 bits per heavy atom. The highest BCUT2D eigenvalue weighted by molar-refractivity contribution is 5.33. The molecule has 102 valence electrons. The lowest BCUT2D eigenvalue weighted by Gasteiger charge is -2.29. The van der Waals surface area contributed by atoms with Gasteiger partial charge < -0.3 is 10.1 Å². The average Bonchev–Trinajstić information content (AvgIpc) is 2.93. The van der Waals surface area contributed by atoms with Crippen molar-refractivity contribution in [3.63, 3.8) is 0 Å². The summed E-state index contributed by atoms with van der Waals surface area (Å²) in [5, 5.41) is 12.0. The summed E-state index contributed by atoms with van der Waals surface area (Å²) in [5.74, 6) is 0.739. The van der Waals surface area contributed by atoms with E-state index in [-0.39, 0.29) is 0 Å². The van der Waals surface area contributed by atoms with Crippen molar-refractivity contribution in [2.75, 3.05) is 25.6 Å². The molecule has 0 aromatic carbocycles. The third-order valence-corrected chi connectivity index (χ3v) is 3.91. The molecule has 0 amide bonds. The zero-order chi connectivity index (χ0) is 13.6. The number of hydrogen-bond acceptors (Lipinski definition) is 5. The van der Waals surface area contributed by atoms with Crippen LogP contribution in [-0.2, 0) is 4.74 Å². The van der Waals surface area contributed by atoms with E-state index in [1.165, 1.54) is 31.9 Å². The second kappa shape index (κ2) is 6.48. The molecule has 19 heavy (non-hydrogen) atoms. The molecule has 0 radical (unpaired) electrons. The molecule has 5 nitrogen and oxygen atoms in total. The molecule has 1 aromatic rings.